The molecule has 2 aliphatic rings. The van der Waals surface area contributed by atoms with Crippen LogP contribution in [0, 0.1) is 6.42 Å². The summed E-state index contributed by atoms with van der Waals surface area (Å²) in [7, 11) is 0. The normalized spacial score (nSPS) is 24.9. The largest absolute Gasteiger partial charge is 0.0802 e. The van der Waals surface area contributed by atoms with Crippen LogP contribution in [0.2, 0.25) is 0 Å². The van der Waals surface area contributed by atoms with E-state index in [1.165, 1.54) is 31.3 Å². The van der Waals surface area contributed by atoms with Crippen LogP contribution in [0.4, 0.5) is 0 Å². The summed E-state index contributed by atoms with van der Waals surface area (Å²) in [6, 6.07) is 0. The molecular formula is C9H10. The third kappa shape index (κ3) is 0.827. The smallest absolute Gasteiger partial charge is 0.0164 e. The molecule has 0 N–H and O–H groups in total. The van der Waals surface area contributed by atoms with Crippen molar-refractivity contribution in [1.82, 2.24) is 0 Å². The number of hydrogen-bond donors (Lipinski definition) is 0. The molecule has 0 amide bonds. The first-order valence-corrected chi connectivity index (χ1v) is 3.59. The molecule has 0 unspecified atom stereocenters. The maximum atomic E-state index is 3.37. The van der Waals surface area contributed by atoms with E-state index in [0.29, 0.717) is 0 Å². The van der Waals surface area contributed by atoms with E-state index in [9.17, 15) is 0 Å². The summed E-state index contributed by atoms with van der Waals surface area (Å²) in [4.78, 5) is 0. The number of hydrogen-bond acceptors (Lipinski definition) is 0. The molecule has 2 rings (SSSR count). The Morgan fingerprint density at radius 3 is 3.33 bits per heavy atom. The van der Waals surface area contributed by atoms with Gasteiger partial charge in [-0.15, -0.1) is 0 Å². The molecule has 0 saturated carbocycles. The van der Waals surface area contributed by atoms with E-state index in [4.69, 9.17) is 0 Å². The zero-order valence-electron chi connectivity index (χ0n) is 5.48. The summed E-state index contributed by atoms with van der Waals surface area (Å²) in [6.45, 7) is 0. The van der Waals surface area contributed by atoms with Crippen molar-refractivity contribution in [1.29, 1.82) is 0 Å². The molecule has 0 saturated heterocycles. The van der Waals surface area contributed by atoms with E-state index < -0.39 is 0 Å². The highest BCUT2D eigenvalue weighted by molar-refractivity contribution is 5.40. The Kier molecular flexibility index (Phi) is 1.18. The third-order valence-corrected chi connectivity index (χ3v) is 2.00. The van der Waals surface area contributed by atoms with E-state index in [0.717, 1.165) is 0 Å². The highest BCUT2D eigenvalue weighted by Crippen LogP contribution is 2.31. The predicted octanol–water partition coefficient (Wildman–Crippen LogP) is 2.51. The summed E-state index contributed by atoms with van der Waals surface area (Å²) in [5.41, 5.74) is 3.02. The Labute approximate surface area is 56.3 Å². The Morgan fingerprint density at radius 1 is 1.44 bits per heavy atom. The fraction of sp³-hybridized carbons (Fsp3) is 0.444. The van der Waals surface area contributed by atoms with Crippen LogP contribution >= 0.6 is 0 Å². The van der Waals surface area contributed by atoms with Crippen LogP contribution in [0.25, 0.3) is 0 Å². The average molecular weight is 118 g/mol. The van der Waals surface area contributed by atoms with Crippen LogP contribution < -0.4 is 0 Å². The van der Waals surface area contributed by atoms with Crippen LogP contribution in [0.15, 0.2) is 23.3 Å². The van der Waals surface area contributed by atoms with Gasteiger partial charge in [0.15, 0.2) is 0 Å². The fourth-order valence-corrected chi connectivity index (χ4v) is 1.49. The third-order valence-electron chi connectivity index (χ3n) is 2.00. The zero-order chi connectivity index (χ0) is 6.10. The second kappa shape index (κ2) is 2.02. The highest BCUT2D eigenvalue weighted by atomic mass is 14.2. The molecule has 0 aromatic carbocycles. The Hall–Kier alpha value is -0.520. The molecule has 0 fully saturated rings. The molecule has 0 spiro atoms. The molecule has 2 aliphatic carbocycles. The summed E-state index contributed by atoms with van der Waals surface area (Å²) in [5, 5.41) is 0. The van der Waals surface area contributed by atoms with Gasteiger partial charge in [-0.05, 0) is 31.3 Å². The Balaban J connectivity index is 2.24. The molecule has 0 aromatic heterocycles. The monoisotopic (exact) mass is 118 g/mol. The standard InChI is InChI=1S/C9H10/c1-2-5-9-7-3-6-8(9)4-1/h3,7H,1-2,4,6H2. The zero-order valence-corrected chi connectivity index (χ0v) is 5.48. The predicted molar refractivity (Wildman–Crippen MR) is 37.9 cm³/mol. The van der Waals surface area contributed by atoms with Crippen molar-refractivity contribution in [2.75, 3.05) is 0 Å². The van der Waals surface area contributed by atoms with E-state index in [1.54, 1.807) is 5.57 Å². The quantitative estimate of drug-likeness (QED) is 0.458. The lowest BCUT2D eigenvalue weighted by molar-refractivity contribution is 0.760. The molecule has 0 nitrogen and oxygen atoms in total. The van der Waals surface area contributed by atoms with Gasteiger partial charge in [0.25, 0.3) is 0 Å². The first-order valence-electron chi connectivity index (χ1n) is 3.59. The molecule has 0 heterocycles. The SMILES string of the molecule is [C]1CCCC2=C1C=CC2. The lowest BCUT2D eigenvalue weighted by Crippen LogP contribution is -1.93. The lowest BCUT2D eigenvalue weighted by Gasteiger charge is -2.11. The molecule has 46 valence electrons. The van der Waals surface area contributed by atoms with E-state index >= 15 is 0 Å². The summed E-state index contributed by atoms with van der Waals surface area (Å²) < 4.78 is 0. The molecule has 9 heavy (non-hydrogen) atoms. The van der Waals surface area contributed by atoms with Crippen LogP contribution in [0.1, 0.15) is 25.7 Å². The molecular weight excluding hydrogens is 108 g/mol. The second-order valence-electron chi connectivity index (χ2n) is 2.65. The van der Waals surface area contributed by atoms with Gasteiger partial charge in [0.2, 0.25) is 0 Å². The van der Waals surface area contributed by atoms with Crippen LogP contribution in [0.5, 0.6) is 0 Å². The van der Waals surface area contributed by atoms with Gasteiger partial charge < -0.3 is 0 Å². The van der Waals surface area contributed by atoms with Gasteiger partial charge in [-0.25, -0.2) is 0 Å². The van der Waals surface area contributed by atoms with Crippen molar-refractivity contribution < 1.29 is 0 Å². The van der Waals surface area contributed by atoms with Crippen LogP contribution in [0.3, 0.4) is 0 Å². The van der Waals surface area contributed by atoms with Gasteiger partial charge in [-0.1, -0.05) is 17.7 Å². The van der Waals surface area contributed by atoms with Crippen molar-refractivity contribution in [2.45, 2.75) is 25.7 Å². The minimum atomic E-state index is 1.17. The Bertz CT molecular complexity index is 172. The molecule has 0 atom stereocenters. The molecule has 0 aliphatic heterocycles. The molecule has 2 radical (unpaired) electrons. The van der Waals surface area contributed by atoms with Gasteiger partial charge in [-0.3, -0.25) is 0 Å². The van der Waals surface area contributed by atoms with Crippen molar-refractivity contribution in [3.63, 3.8) is 0 Å². The molecule has 0 aromatic rings. The van der Waals surface area contributed by atoms with Crippen molar-refractivity contribution in [2.24, 2.45) is 0 Å². The van der Waals surface area contributed by atoms with Gasteiger partial charge in [-0.2, -0.15) is 0 Å². The lowest BCUT2D eigenvalue weighted by atomic mass is 9.94. The highest BCUT2D eigenvalue weighted by Gasteiger charge is 2.12. The molecule has 0 heteroatoms. The second-order valence-corrected chi connectivity index (χ2v) is 2.65. The number of allylic oxidation sites excluding steroid dienone is 4. The maximum absolute atomic E-state index is 3.37. The van der Waals surface area contributed by atoms with Gasteiger partial charge in [0.1, 0.15) is 0 Å². The van der Waals surface area contributed by atoms with E-state index in [2.05, 4.69) is 18.6 Å². The first kappa shape index (κ1) is 5.28. The average Bonchev–Trinajstić information content (AvgIpc) is 2.33. The number of rotatable bonds is 0. The van der Waals surface area contributed by atoms with Gasteiger partial charge >= 0.3 is 0 Å². The van der Waals surface area contributed by atoms with Crippen molar-refractivity contribution in [3.05, 3.63) is 29.7 Å². The van der Waals surface area contributed by atoms with E-state index in [-0.39, 0.29) is 0 Å². The van der Waals surface area contributed by atoms with Crippen molar-refractivity contribution in [3.8, 4) is 0 Å². The summed E-state index contributed by atoms with van der Waals surface area (Å²) >= 11 is 0. The summed E-state index contributed by atoms with van der Waals surface area (Å²) in [6.07, 6.45) is 12.8. The van der Waals surface area contributed by atoms with Crippen LogP contribution in [-0.2, 0) is 0 Å². The van der Waals surface area contributed by atoms with Gasteiger partial charge in [0.05, 0.1) is 0 Å². The fourth-order valence-electron chi connectivity index (χ4n) is 1.49. The van der Waals surface area contributed by atoms with Gasteiger partial charge in [0, 0.05) is 6.42 Å². The minimum absolute atomic E-state index is 1.17. The minimum Gasteiger partial charge on any atom is -0.0802 e. The van der Waals surface area contributed by atoms with E-state index in [1.807, 2.05) is 0 Å². The van der Waals surface area contributed by atoms with Crippen LogP contribution in [-0.4, -0.2) is 0 Å². The van der Waals surface area contributed by atoms with Crippen molar-refractivity contribution >= 4 is 0 Å². The first-order chi connectivity index (χ1) is 4.47. The maximum Gasteiger partial charge on any atom is 0.0164 e. The molecule has 0 bridgehead atoms. The summed E-state index contributed by atoms with van der Waals surface area (Å²) in [5.74, 6) is 0. The topological polar surface area (TPSA) is 0 Å². The Morgan fingerprint density at radius 2 is 2.44 bits per heavy atom.